The highest BCUT2D eigenvalue weighted by Gasteiger charge is 2.37. The van der Waals surface area contributed by atoms with Gasteiger partial charge < -0.3 is 14.8 Å². The van der Waals surface area contributed by atoms with Crippen molar-refractivity contribution in [2.75, 3.05) is 19.8 Å². The molecule has 1 unspecified atom stereocenters. The van der Waals surface area contributed by atoms with Crippen molar-refractivity contribution in [1.29, 1.82) is 0 Å². The molecule has 0 spiro atoms. The molecule has 5 heteroatoms. The molecule has 1 saturated heterocycles. The summed E-state index contributed by atoms with van der Waals surface area (Å²) in [6.45, 7) is 4.85. The lowest BCUT2D eigenvalue weighted by atomic mass is 9.92. The van der Waals surface area contributed by atoms with E-state index in [1.54, 1.807) is 13.8 Å². The largest absolute Gasteiger partial charge is 0.465 e. The van der Waals surface area contributed by atoms with Crippen LogP contribution >= 0.6 is 0 Å². The highest BCUT2D eigenvalue weighted by atomic mass is 16.6. The molecule has 1 fully saturated rings. The van der Waals surface area contributed by atoms with Gasteiger partial charge in [0.05, 0.1) is 13.2 Å². The fourth-order valence-corrected chi connectivity index (χ4v) is 2.05. The number of piperidine rings is 1. The number of rotatable bonds is 5. The van der Waals surface area contributed by atoms with E-state index in [2.05, 4.69) is 5.32 Å². The van der Waals surface area contributed by atoms with Gasteiger partial charge in [-0.25, -0.2) is 0 Å². The van der Waals surface area contributed by atoms with E-state index in [1.165, 1.54) is 0 Å². The maximum Gasteiger partial charge on any atom is 0.321 e. The van der Waals surface area contributed by atoms with E-state index in [0.29, 0.717) is 0 Å². The Morgan fingerprint density at radius 1 is 1.18 bits per heavy atom. The summed E-state index contributed by atoms with van der Waals surface area (Å²) in [6, 6.07) is -0.151. The van der Waals surface area contributed by atoms with Crippen LogP contribution in [0.4, 0.5) is 0 Å². The Balaban J connectivity index is 2.69. The minimum Gasteiger partial charge on any atom is -0.465 e. The number of carbonyl (C=O) groups is 2. The molecule has 98 valence electrons. The van der Waals surface area contributed by atoms with Gasteiger partial charge in [-0.2, -0.15) is 0 Å². The van der Waals surface area contributed by atoms with Crippen LogP contribution < -0.4 is 5.32 Å². The predicted octanol–water partition coefficient (Wildman–Crippen LogP) is 0.871. The Morgan fingerprint density at radius 3 is 2.18 bits per heavy atom. The first-order valence-corrected chi connectivity index (χ1v) is 6.27. The molecule has 0 bridgehead atoms. The molecule has 1 aliphatic heterocycles. The molecular formula is C12H21NO4. The summed E-state index contributed by atoms with van der Waals surface area (Å²) in [5.41, 5.74) is 0. The fourth-order valence-electron chi connectivity index (χ4n) is 2.05. The van der Waals surface area contributed by atoms with E-state index in [4.69, 9.17) is 9.47 Å². The number of nitrogens with one attached hydrogen (secondary N) is 1. The van der Waals surface area contributed by atoms with Gasteiger partial charge in [-0.3, -0.25) is 9.59 Å². The molecule has 5 nitrogen and oxygen atoms in total. The van der Waals surface area contributed by atoms with Crippen molar-refractivity contribution in [2.24, 2.45) is 5.92 Å². The fraction of sp³-hybridized carbons (Fsp3) is 0.833. The third kappa shape index (κ3) is 4.00. The number of hydrogen-bond acceptors (Lipinski definition) is 5. The van der Waals surface area contributed by atoms with Crippen molar-refractivity contribution >= 4 is 11.9 Å². The zero-order chi connectivity index (χ0) is 12.7. The predicted molar refractivity (Wildman–Crippen MR) is 62.4 cm³/mol. The average molecular weight is 243 g/mol. The topological polar surface area (TPSA) is 64.6 Å². The van der Waals surface area contributed by atoms with Crippen LogP contribution in [-0.2, 0) is 19.1 Å². The summed E-state index contributed by atoms with van der Waals surface area (Å²) >= 11 is 0. The second-order valence-corrected chi connectivity index (χ2v) is 4.04. The first kappa shape index (κ1) is 14.0. The maximum absolute atomic E-state index is 11.8. The molecule has 1 N–H and O–H groups in total. The Labute approximate surface area is 102 Å². The Bertz CT molecular complexity index is 243. The zero-order valence-corrected chi connectivity index (χ0v) is 10.5. The third-order valence-corrected chi connectivity index (χ3v) is 2.83. The molecule has 0 aliphatic carbocycles. The van der Waals surface area contributed by atoms with E-state index in [-0.39, 0.29) is 19.3 Å². The molecule has 0 amide bonds. The van der Waals surface area contributed by atoms with Gasteiger partial charge in [-0.05, 0) is 33.2 Å². The Morgan fingerprint density at radius 2 is 1.76 bits per heavy atom. The quantitative estimate of drug-likeness (QED) is 0.573. The summed E-state index contributed by atoms with van der Waals surface area (Å²) in [4.78, 5) is 23.6. The zero-order valence-electron chi connectivity index (χ0n) is 10.5. The standard InChI is InChI=1S/C12H21NO4/c1-3-16-11(14)10(12(15)17-4-2)9-7-5-6-8-13-9/h9-10,13H,3-8H2,1-2H3. The van der Waals surface area contributed by atoms with Gasteiger partial charge in [-0.1, -0.05) is 6.42 Å². The van der Waals surface area contributed by atoms with Crippen molar-refractivity contribution in [3.63, 3.8) is 0 Å². The maximum atomic E-state index is 11.8. The molecule has 1 atom stereocenters. The summed E-state index contributed by atoms with van der Waals surface area (Å²) in [6.07, 6.45) is 2.91. The van der Waals surface area contributed by atoms with Gasteiger partial charge >= 0.3 is 11.9 Å². The summed E-state index contributed by atoms with van der Waals surface area (Å²) in [5, 5.41) is 3.20. The lowest BCUT2D eigenvalue weighted by Crippen LogP contribution is -2.47. The van der Waals surface area contributed by atoms with Crippen molar-refractivity contribution in [3.05, 3.63) is 0 Å². The molecule has 17 heavy (non-hydrogen) atoms. The van der Waals surface area contributed by atoms with E-state index in [0.717, 1.165) is 25.8 Å². The van der Waals surface area contributed by atoms with Gasteiger partial charge in [0.25, 0.3) is 0 Å². The number of carbonyl (C=O) groups excluding carboxylic acids is 2. The lowest BCUT2D eigenvalue weighted by Gasteiger charge is -2.28. The summed E-state index contributed by atoms with van der Waals surface area (Å²) in [5.74, 6) is -1.79. The molecule has 1 heterocycles. The van der Waals surface area contributed by atoms with E-state index >= 15 is 0 Å². The van der Waals surface area contributed by atoms with E-state index < -0.39 is 17.9 Å². The number of hydrogen-bond donors (Lipinski definition) is 1. The normalized spacial score (nSPS) is 20.1. The molecular weight excluding hydrogens is 222 g/mol. The average Bonchev–Trinajstić information content (AvgIpc) is 2.31. The van der Waals surface area contributed by atoms with Crippen molar-refractivity contribution in [1.82, 2.24) is 5.32 Å². The smallest absolute Gasteiger partial charge is 0.321 e. The van der Waals surface area contributed by atoms with Crippen LogP contribution in [0.1, 0.15) is 33.1 Å². The van der Waals surface area contributed by atoms with E-state index in [9.17, 15) is 9.59 Å². The van der Waals surface area contributed by atoms with E-state index in [1.807, 2.05) is 0 Å². The van der Waals surface area contributed by atoms with Gasteiger partial charge in [0.15, 0.2) is 5.92 Å². The molecule has 1 aliphatic rings. The van der Waals surface area contributed by atoms with Crippen LogP contribution in [-0.4, -0.2) is 37.7 Å². The molecule has 0 aromatic rings. The third-order valence-electron chi connectivity index (χ3n) is 2.83. The monoisotopic (exact) mass is 243 g/mol. The van der Waals surface area contributed by atoms with Crippen LogP contribution in [0, 0.1) is 5.92 Å². The SMILES string of the molecule is CCOC(=O)C(C(=O)OCC)C1CCCCN1. The van der Waals surface area contributed by atoms with Crippen molar-refractivity contribution < 1.29 is 19.1 Å². The lowest BCUT2D eigenvalue weighted by molar-refractivity contribution is -0.163. The minimum atomic E-state index is -0.824. The Hall–Kier alpha value is -1.10. The molecule has 0 saturated carbocycles. The van der Waals surface area contributed by atoms with Gasteiger partial charge in [0.2, 0.25) is 0 Å². The van der Waals surface area contributed by atoms with Crippen molar-refractivity contribution in [2.45, 2.75) is 39.2 Å². The van der Waals surface area contributed by atoms with Crippen LogP contribution in [0.5, 0.6) is 0 Å². The first-order chi connectivity index (χ1) is 8.20. The van der Waals surface area contributed by atoms with Gasteiger partial charge in [0, 0.05) is 6.04 Å². The molecule has 0 aromatic heterocycles. The first-order valence-electron chi connectivity index (χ1n) is 6.27. The highest BCUT2D eigenvalue weighted by Crippen LogP contribution is 2.18. The van der Waals surface area contributed by atoms with Gasteiger partial charge in [0.1, 0.15) is 0 Å². The second-order valence-electron chi connectivity index (χ2n) is 4.04. The summed E-state index contributed by atoms with van der Waals surface area (Å²) in [7, 11) is 0. The van der Waals surface area contributed by atoms with Crippen LogP contribution in [0.3, 0.4) is 0 Å². The molecule has 0 aromatic carbocycles. The second kappa shape index (κ2) is 7.27. The summed E-state index contributed by atoms with van der Waals surface area (Å²) < 4.78 is 9.89. The Kier molecular flexibility index (Phi) is 5.97. The van der Waals surface area contributed by atoms with Crippen LogP contribution in [0.2, 0.25) is 0 Å². The highest BCUT2D eigenvalue weighted by molar-refractivity contribution is 5.95. The van der Waals surface area contributed by atoms with Crippen LogP contribution in [0.15, 0.2) is 0 Å². The minimum absolute atomic E-state index is 0.151. The van der Waals surface area contributed by atoms with Gasteiger partial charge in [-0.15, -0.1) is 0 Å². The molecule has 1 rings (SSSR count). The van der Waals surface area contributed by atoms with Crippen LogP contribution in [0.25, 0.3) is 0 Å². The van der Waals surface area contributed by atoms with Crippen molar-refractivity contribution in [3.8, 4) is 0 Å². The molecule has 0 radical (unpaired) electrons. The number of ether oxygens (including phenoxy) is 2. The number of esters is 2.